The fraction of sp³-hybridized carbons (Fsp3) is 0.0667. The Morgan fingerprint density at radius 3 is 1.71 bits per heavy atom. The molecule has 2 aromatic carbocycles. The molecule has 2 aromatic rings. The van der Waals surface area contributed by atoms with E-state index >= 15 is 0 Å². The Morgan fingerprint density at radius 2 is 1.24 bits per heavy atom. The summed E-state index contributed by atoms with van der Waals surface area (Å²) in [5.74, 6) is -1.86. The van der Waals surface area contributed by atoms with E-state index in [0.29, 0.717) is 0 Å². The van der Waals surface area contributed by atoms with Crippen LogP contribution in [0, 0.1) is 0 Å². The Morgan fingerprint density at radius 1 is 0.762 bits per heavy atom. The molecule has 0 aliphatic carbocycles. The number of hydrogen-bond donors (Lipinski definition) is 0. The van der Waals surface area contributed by atoms with Crippen LogP contribution in [0.3, 0.4) is 0 Å². The van der Waals surface area contributed by atoms with Crippen molar-refractivity contribution in [1.29, 1.82) is 0 Å². The number of benzene rings is 2. The first-order valence-corrected chi connectivity index (χ1v) is 5.87. The first-order chi connectivity index (χ1) is 9.88. The third-order valence-electron chi connectivity index (χ3n) is 2.64. The molecule has 108 valence electrons. The molecule has 0 spiro atoms. The highest BCUT2D eigenvalue weighted by molar-refractivity contribution is 6.02. The molecule has 0 aliphatic heterocycles. The molecule has 6 heteroatoms. The second kappa shape index (κ2) is 5.78. The predicted molar refractivity (Wildman–Crippen MR) is 67.6 cm³/mol. The van der Waals surface area contributed by atoms with Crippen LogP contribution in [0.1, 0.15) is 26.3 Å². The van der Waals surface area contributed by atoms with Gasteiger partial charge in [0, 0.05) is 0 Å². The van der Waals surface area contributed by atoms with Gasteiger partial charge in [-0.2, -0.15) is 13.2 Å². The minimum Gasteiger partial charge on any atom is -0.386 e. The molecule has 0 radical (unpaired) electrons. The van der Waals surface area contributed by atoms with Crippen LogP contribution in [0.5, 0.6) is 0 Å². The third kappa shape index (κ3) is 3.68. The highest BCUT2D eigenvalue weighted by atomic mass is 19.4. The van der Waals surface area contributed by atoms with Gasteiger partial charge in [0.15, 0.2) is 0 Å². The summed E-state index contributed by atoms with van der Waals surface area (Å²) >= 11 is 0. The van der Waals surface area contributed by atoms with E-state index in [1.807, 2.05) is 0 Å². The number of rotatable bonds is 2. The van der Waals surface area contributed by atoms with Crippen LogP contribution in [0.4, 0.5) is 13.2 Å². The Labute approximate surface area is 118 Å². The normalized spacial score (nSPS) is 11.0. The number of esters is 2. The zero-order chi connectivity index (χ0) is 15.5. The second-order valence-electron chi connectivity index (χ2n) is 4.12. The molecule has 0 unspecified atom stereocenters. The summed E-state index contributed by atoms with van der Waals surface area (Å²) in [5, 5.41) is 0. The van der Waals surface area contributed by atoms with Crippen LogP contribution in [0.15, 0.2) is 54.6 Å². The van der Waals surface area contributed by atoms with E-state index in [1.165, 1.54) is 12.1 Å². The monoisotopic (exact) mass is 294 g/mol. The number of hydrogen-bond acceptors (Lipinski definition) is 3. The van der Waals surface area contributed by atoms with Gasteiger partial charge in [-0.25, -0.2) is 9.59 Å². The van der Waals surface area contributed by atoms with E-state index in [1.54, 1.807) is 18.2 Å². The lowest BCUT2D eigenvalue weighted by Crippen LogP contribution is -2.13. The molecule has 0 aromatic heterocycles. The Balaban J connectivity index is 2.09. The van der Waals surface area contributed by atoms with Crippen molar-refractivity contribution in [3.63, 3.8) is 0 Å². The maximum Gasteiger partial charge on any atom is 0.416 e. The lowest BCUT2D eigenvalue weighted by Gasteiger charge is -2.07. The van der Waals surface area contributed by atoms with E-state index in [-0.39, 0.29) is 11.1 Å². The molecule has 0 heterocycles. The fourth-order valence-electron chi connectivity index (χ4n) is 1.57. The van der Waals surface area contributed by atoms with Gasteiger partial charge >= 0.3 is 18.1 Å². The van der Waals surface area contributed by atoms with Crippen LogP contribution >= 0.6 is 0 Å². The van der Waals surface area contributed by atoms with Crippen molar-refractivity contribution in [3.05, 3.63) is 71.3 Å². The van der Waals surface area contributed by atoms with Crippen LogP contribution in [0.2, 0.25) is 0 Å². The summed E-state index contributed by atoms with van der Waals surface area (Å²) in [6.45, 7) is 0. The molecular formula is C15H9F3O3. The molecular weight excluding hydrogens is 285 g/mol. The largest absolute Gasteiger partial charge is 0.416 e. The van der Waals surface area contributed by atoms with Crippen LogP contribution in [-0.2, 0) is 10.9 Å². The molecule has 0 bridgehead atoms. The molecule has 0 aliphatic rings. The zero-order valence-corrected chi connectivity index (χ0v) is 10.6. The quantitative estimate of drug-likeness (QED) is 0.626. The summed E-state index contributed by atoms with van der Waals surface area (Å²) in [4.78, 5) is 23.3. The van der Waals surface area contributed by atoms with E-state index in [4.69, 9.17) is 0 Å². The molecule has 0 atom stereocenters. The van der Waals surface area contributed by atoms with Gasteiger partial charge in [0.25, 0.3) is 0 Å². The molecule has 0 fully saturated rings. The molecule has 0 amide bonds. The number of alkyl halides is 3. The average molecular weight is 294 g/mol. The van der Waals surface area contributed by atoms with Crippen molar-refractivity contribution in [2.45, 2.75) is 6.18 Å². The van der Waals surface area contributed by atoms with Gasteiger partial charge in [0.05, 0.1) is 16.7 Å². The van der Waals surface area contributed by atoms with Crippen molar-refractivity contribution < 1.29 is 27.5 Å². The Hall–Kier alpha value is -2.63. The van der Waals surface area contributed by atoms with Gasteiger partial charge in [0.2, 0.25) is 0 Å². The third-order valence-corrected chi connectivity index (χ3v) is 2.64. The molecule has 2 rings (SSSR count). The van der Waals surface area contributed by atoms with Gasteiger partial charge in [-0.1, -0.05) is 18.2 Å². The highest BCUT2D eigenvalue weighted by Crippen LogP contribution is 2.29. The topological polar surface area (TPSA) is 43.4 Å². The van der Waals surface area contributed by atoms with Gasteiger partial charge in [-0.05, 0) is 36.4 Å². The van der Waals surface area contributed by atoms with Crippen molar-refractivity contribution in [1.82, 2.24) is 0 Å². The minimum atomic E-state index is -4.48. The molecule has 0 saturated carbocycles. The first-order valence-electron chi connectivity index (χ1n) is 5.87. The smallest absolute Gasteiger partial charge is 0.386 e. The molecule has 21 heavy (non-hydrogen) atoms. The van der Waals surface area contributed by atoms with Gasteiger partial charge in [-0.3, -0.25) is 0 Å². The van der Waals surface area contributed by atoms with Crippen LogP contribution in [-0.4, -0.2) is 11.9 Å². The van der Waals surface area contributed by atoms with Crippen molar-refractivity contribution >= 4 is 11.9 Å². The second-order valence-corrected chi connectivity index (χ2v) is 4.12. The van der Waals surface area contributed by atoms with Crippen molar-refractivity contribution in [2.24, 2.45) is 0 Å². The van der Waals surface area contributed by atoms with Crippen LogP contribution < -0.4 is 0 Å². The van der Waals surface area contributed by atoms with Gasteiger partial charge in [-0.15, -0.1) is 0 Å². The number of carbonyl (C=O) groups excluding carboxylic acids is 2. The van der Waals surface area contributed by atoms with Gasteiger partial charge < -0.3 is 4.74 Å². The van der Waals surface area contributed by atoms with Gasteiger partial charge in [0.1, 0.15) is 0 Å². The van der Waals surface area contributed by atoms with Crippen molar-refractivity contribution in [2.75, 3.05) is 0 Å². The summed E-state index contributed by atoms with van der Waals surface area (Å²) < 4.78 is 41.7. The maximum atomic E-state index is 12.4. The summed E-state index contributed by atoms with van der Waals surface area (Å²) in [6.07, 6.45) is -4.48. The lowest BCUT2D eigenvalue weighted by molar-refractivity contribution is -0.137. The summed E-state index contributed by atoms with van der Waals surface area (Å²) in [7, 11) is 0. The van der Waals surface area contributed by atoms with E-state index in [9.17, 15) is 22.8 Å². The minimum absolute atomic E-state index is 0.132. The van der Waals surface area contributed by atoms with Crippen LogP contribution in [0.25, 0.3) is 0 Å². The van der Waals surface area contributed by atoms with E-state index in [2.05, 4.69) is 4.74 Å². The highest BCUT2D eigenvalue weighted by Gasteiger charge is 2.30. The number of halogens is 3. The zero-order valence-electron chi connectivity index (χ0n) is 10.6. The Bertz CT molecular complexity index is 646. The number of ether oxygens (including phenoxy) is 1. The standard InChI is InChI=1S/C15H9F3O3/c16-15(17,18)12-8-6-11(7-9-12)14(20)21-13(19)10-4-2-1-3-5-10/h1-9H. The fourth-order valence-corrected chi connectivity index (χ4v) is 1.57. The SMILES string of the molecule is O=C(OC(=O)c1ccc(C(F)(F)F)cc1)c1ccccc1. The van der Waals surface area contributed by atoms with Crippen molar-refractivity contribution in [3.8, 4) is 0 Å². The maximum absolute atomic E-state index is 12.4. The number of carbonyl (C=O) groups is 2. The summed E-state index contributed by atoms with van der Waals surface area (Å²) in [5.41, 5.74) is -0.835. The first kappa shape index (κ1) is 14.8. The predicted octanol–water partition coefficient (Wildman–Crippen LogP) is 3.70. The van der Waals surface area contributed by atoms with E-state index in [0.717, 1.165) is 24.3 Å². The average Bonchev–Trinajstić information content (AvgIpc) is 2.47. The lowest BCUT2D eigenvalue weighted by atomic mass is 10.1. The molecule has 0 saturated heterocycles. The van der Waals surface area contributed by atoms with E-state index < -0.39 is 23.7 Å². The Kier molecular flexibility index (Phi) is 4.07. The molecule has 3 nitrogen and oxygen atoms in total. The summed E-state index contributed by atoms with van der Waals surface area (Å²) in [6, 6.07) is 11.2. The molecule has 0 N–H and O–H groups in total.